The molecule has 0 aliphatic carbocycles. The lowest BCUT2D eigenvalue weighted by molar-refractivity contribution is -0.384. The number of hydrogen-bond acceptors (Lipinski definition) is 8. The number of nitrogen functional groups attached to an aromatic ring is 1. The molecule has 1 aromatic carbocycles. The number of thioether (sulfide) groups is 1. The topological polar surface area (TPSA) is 125 Å². The lowest BCUT2D eigenvalue weighted by Crippen LogP contribution is -2.04. The van der Waals surface area contributed by atoms with E-state index in [2.05, 4.69) is 20.1 Å². The second kappa shape index (κ2) is 5.39. The Kier molecular flexibility index (Phi) is 3.54. The van der Waals surface area contributed by atoms with E-state index in [1.807, 2.05) is 6.26 Å². The fourth-order valence-corrected chi connectivity index (χ4v) is 2.41. The van der Waals surface area contributed by atoms with Gasteiger partial charge < -0.3 is 5.73 Å². The highest BCUT2D eigenvalue weighted by atomic mass is 35.5. The van der Waals surface area contributed by atoms with Gasteiger partial charge in [0.25, 0.3) is 11.5 Å². The Morgan fingerprint density at radius 3 is 2.77 bits per heavy atom. The normalized spacial score (nSPS) is 11.0. The van der Waals surface area contributed by atoms with Gasteiger partial charge in [0.05, 0.1) is 9.95 Å². The molecule has 0 amide bonds. The van der Waals surface area contributed by atoms with Crippen molar-refractivity contribution in [2.75, 3.05) is 12.0 Å². The van der Waals surface area contributed by atoms with Crippen LogP contribution in [0.2, 0.25) is 5.02 Å². The van der Waals surface area contributed by atoms with Gasteiger partial charge >= 0.3 is 0 Å². The van der Waals surface area contributed by atoms with Gasteiger partial charge in [-0.1, -0.05) is 23.4 Å². The molecule has 2 N–H and O–H groups in total. The molecule has 0 radical (unpaired) electrons. The van der Waals surface area contributed by atoms with Crippen molar-refractivity contribution < 1.29 is 4.92 Å². The van der Waals surface area contributed by atoms with E-state index in [4.69, 9.17) is 17.3 Å². The van der Waals surface area contributed by atoms with E-state index < -0.39 is 4.92 Å². The van der Waals surface area contributed by atoms with E-state index in [1.165, 1.54) is 34.5 Å². The second-order valence-electron chi connectivity index (χ2n) is 4.14. The lowest BCUT2D eigenvalue weighted by Gasteiger charge is -1.99. The zero-order valence-corrected chi connectivity index (χ0v) is 12.7. The molecule has 0 aliphatic heterocycles. The van der Waals surface area contributed by atoms with Crippen molar-refractivity contribution in [3.05, 3.63) is 33.3 Å². The molecule has 0 fully saturated rings. The summed E-state index contributed by atoms with van der Waals surface area (Å²) in [5, 5.41) is 15.6. The van der Waals surface area contributed by atoms with Crippen molar-refractivity contribution in [2.24, 2.45) is 0 Å². The van der Waals surface area contributed by atoms with Gasteiger partial charge in [-0.25, -0.2) is 0 Å². The van der Waals surface area contributed by atoms with Gasteiger partial charge in [0, 0.05) is 17.7 Å². The van der Waals surface area contributed by atoms with Gasteiger partial charge in [-0.15, -0.1) is 5.10 Å². The van der Waals surface area contributed by atoms with Crippen molar-refractivity contribution in [3.63, 3.8) is 0 Å². The molecule has 2 aromatic heterocycles. The van der Waals surface area contributed by atoms with Crippen LogP contribution in [0.3, 0.4) is 0 Å². The highest BCUT2D eigenvalue weighted by molar-refractivity contribution is 7.98. The number of nitro benzene ring substituents is 1. The van der Waals surface area contributed by atoms with Gasteiger partial charge in [0.15, 0.2) is 11.0 Å². The molecule has 0 saturated heterocycles. The number of non-ortho nitro benzene ring substituents is 1. The molecule has 112 valence electrons. The van der Waals surface area contributed by atoms with Crippen molar-refractivity contribution in [1.29, 1.82) is 0 Å². The van der Waals surface area contributed by atoms with Crippen LogP contribution in [0.15, 0.2) is 23.4 Å². The minimum Gasteiger partial charge on any atom is -0.368 e. The Morgan fingerprint density at radius 2 is 2.14 bits per heavy atom. The van der Waals surface area contributed by atoms with E-state index in [-0.39, 0.29) is 28.3 Å². The van der Waals surface area contributed by atoms with Gasteiger partial charge in [-0.05, 0) is 12.3 Å². The molecular weight excluding hydrogens is 330 g/mol. The number of aromatic nitrogens is 5. The Balaban J connectivity index is 2.14. The van der Waals surface area contributed by atoms with Crippen molar-refractivity contribution in [3.8, 4) is 11.4 Å². The van der Waals surface area contributed by atoms with Crippen LogP contribution in [0.5, 0.6) is 0 Å². The quantitative estimate of drug-likeness (QED) is 0.437. The summed E-state index contributed by atoms with van der Waals surface area (Å²) in [4.78, 5) is 22.7. The number of fused-ring (bicyclic) bond motifs is 1. The maximum atomic E-state index is 10.7. The predicted octanol–water partition coefficient (Wildman–Crippen LogP) is 2.05. The number of rotatable bonds is 3. The number of nitrogens with two attached hydrogens (primary N) is 1. The third-order valence-electron chi connectivity index (χ3n) is 2.80. The molecule has 0 bridgehead atoms. The Labute approximate surface area is 132 Å². The van der Waals surface area contributed by atoms with Gasteiger partial charge in [0.2, 0.25) is 5.95 Å². The average Bonchev–Trinajstić information content (AvgIpc) is 2.91. The van der Waals surface area contributed by atoms with E-state index in [0.717, 1.165) is 0 Å². The molecule has 0 unspecified atom stereocenters. The fraction of sp³-hybridized carbons (Fsp3) is 0.0909. The Bertz CT molecular complexity index is 898. The minimum absolute atomic E-state index is 0.110. The van der Waals surface area contributed by atoms with Crippen LogP contribution in [0.1, 0.15) is 0 Å². The zero-order valence-electron chi connectivity index (χ0n) is 11.1. The molecule has 22 heavy (non-hydrogen) atoms. The van der Waals surface area contributed by atoms with Crippen LogP contribution < -0.4 is 5.73 Å². The van der Waals surface area contributed by atoms with Crippen LogP contribution in [0.25, 0.3) is 17.2 Å². The molecule has 3 rings (SSSR count). The Hall–Kier alpha value is -2.46. The molecule has 0 spiro atoms. The number of anilines is 1. The molecule has 3 aromatic rings. The summed E-state index contributed by atoms with van der Waals surface area (Å²) in [6.07, 6.45) is 1.82. The van der Waals surface area contributed by atoms with Crippen LogP contribution in [0, 0.1) is 10.1 Å². The van der Waals surface area contributed by atoms with Crippen LogP contribution in [0.4, 0.5) is 11.6 Å². The molecule has 2 heterocycles. The number of benzene rings is 1. The Morgan fingerprint density at radius 1 is 1.36 bits per heavy atom. The van der Waals surface area contributed by atoms with Gasteiger partial charge in [-0.3, -0.25) is 10.1 Å². The standard InChI is InChI=1S/C11H8ClN7O2S/c1-22-11-15-9(13)18-10(16-11)14-8(17-18)6-3-2-5(19(20)21)4-7(6)12/h2-4H,1H3,(H2,13,14,15,16,17). The van der Waals surface area contributed by atoms with Gasteiger partial charge in [0.1, 0.15) is 0 Å². The van der Waals surface area contributed by atoms with Crippen LogP contribution >= 0.6 is 23.4 Å². The maximum absolute atomic E-state index is 10.7. The monoisotopic (exact) mass is 337 g/mol. The largest absolute Gasteiger partial charge is 0.368 e. The number of halogens is 1. The summed E-state index contributed by atoms with van der Waals surface area (Å²) < 4.78 is 1.28. The predicted molar refractivity (Wildman–Crippen MR) is 81.9 cm³/mol. The summed E-state index contributed by atoms with van der Waals surface area (Å²) in [5.74, 6) is 0.687. The van der Waals surface area contributed by atoms with E-state index in [1.54, 1.807) is 0 Å². The average molecular weight is 338 g/mol. The van der Waals surface area contributed by atoms with Crippen molar-refractivity contribution >= 4 is 40.8 Å². The number of hydrogen-bond donors (Lipinski definition) is 1. The molecule has 0 atom stereocenters. The lowest BCUT2D eigenvalue weighted by atomic mass is 10.2. The number of nitro groups is 1. The first-order chi connectivity index (χ1) is 10.5. The molecule has 9 nitrogen and oxygen atoms in total. The molecule has 0 aliphatic rings. The number of nitrogens with zero attached hydrogens (tertiary/aromatic N) is 6. The van der Waals surface area contributed by atoms with Crippen LogP contribution in [-0.2, 0) is 0 Å². The van der Waals surface area contributed by atoms with Crippen molar-refractivity contribution in [1.82, 2.24) is 24.6 Å². The van der Waals surface area contributed by atoms with Crippen molar-refractivity contribution in [2.45, 2.75) is 5.16 Å². The first-order valence-electron chi connectivity index (χ1n) is 5.88. The third-order valence-corrected chi connectivity index (χ3v) is 3.66. The smallest absolute Gasteiger partial charge is 0.270 e. The fourth-order valence-electron chi connectivity index (χ4n) is 1.79. The van der Waals surface area contributed by atoms with E-state index in [0.29, 0.717) is 10.7 Å². The SMILES string of the molecule is CSc1nc(N)n2nc(-c3ccc([N+](=O)[O-])cc3Cl)nc2n1. The minimum atomic E-state index is -0.527. The second-order valence-corrected chi connectivity index (χ2v) is 5.32. The van der Waals surface area contributed by atoms with Gasteiger partial charge in [-0.2, -0.15) is 19.5 Å². The molecule has 11 heteroatoms. The summed E-state index contributed by atoms with van der Waals surface area (Å²) in [6, 6.07) is 4.05. The maximum Gasteiger partial charge on any atom is 0.270 e. The highest BCUT2D eigenvalue weighted by Crippen LogP contribution is 2.29. The molecule has 0 saturated carbocycles. The summed E-state index contributed by atoms with van der Waals surface area (Å²) in [5.41, 5.74) is 6.14. The van der Waals surface area contributed by atoms with E-state index >= 15 is 0 Å². The summed E-state index contributed by atoms with van der Waals surface area (Å²) >= 11 is 7.40. The summed E-state index contributed by atoms with van der Waals surface area (Å²) in [6.45, 7) is 0. The van der Waals surface area contributed by atoms with E-state index in [9.17, 15) is 10.1 Å². The van der Waals surface area contributed by atoms with Crippen LogP contribution in [-0.4, -0.2) is 35.7 Å². The highest BCUT2D eigenvalue weighted by Gasteiger charge is 2.16. The summed E-state index contributed by atoms with van der Waals surface area (Å²) in [7, 11) is 0. The first kappa shape index (κ1) is 14.5. The molecular formula is C11H8ClN7O2S. The third kappa shape index (κ3) is 2.42. The first-order valence-corrected chi connectivity index (χ1v) is 7.48. The zero-order chi connectivity index (χ0) is 15.9.